The second kappa shape index (κ2) is 3.72. The smallest absolute Gasteiger partial charge is 0.0985 e. The number of nitrogens with one attached hydrogen (secondary N) is 2. The zero-order valence-electron chi connectivity index (χ0n) is 9.25. The zero-order chi connectivity index (χ0) is 11.9. The summed E-state index contributed by atoms with van der Waals surface area (Å²) in [6.07, 6.45) is 16.9. The van der Waals surface area contributed by atoms with Crippen LogP contribution in [0.1, 0.15) is 0 Å². The summed E-state index contributed by atoms with van der Waals surface area (Å²) in [4.78, 5) is 5.39. The first kappa shape index (κ1) is 9.93. The fraction of sp³-hybridized carbons (Fsp3) is 0. The van der Waals surface area contributed by atoms with Crippen molar-refractivity contribution in [1.82, 2.24) is 19.6 Å². The normalized spacial score (nSPS) is 23.6. The molecule has 4 heterocycles. The minimum Gasteiger partial charge on any atom is -0.308 e. The molecule has 0 aromatic rings. The summed E-state index contributed by atoms with van der Waals surface area (Å²) in [6, 6.07) is 0. The van der Waals surface area contributed by atoms with Crippen molar-refractivity contribution in [3.05, 3.63) is 71.6 Å². The van der Waals surface area contributed by atoms with Gasteiger partial charge in [0.2, 0.25) is 0 Å². The van der Waals surface area contributed by atoms with Crippen molar-refractivity contribution in [2.75, 3.05) is 0 Å². The monoisotopic (exact) mass is 257 g/mol. The third-order valence-corrected chi connectivity index (χ3v) is 3.56. The molecule has 6 heteroatoms. The Morgan fingerprint density at radius 1 is 1.22 bits per heavy atom. The van der Waals surface area contributed by atoms with Crippen molar-refractivity contribution < 1.29 is 4.94 Å². The van der Waals surface area contributed by atoms with Gasteiger partial charge in [0.1, 0.15) is 0 Å². The molecule has 0 atom stereocenters. The van der Waals surface area contributed by atoms with Gasteiger partial charge < -0.3 is 4.72 Å². The molecule has 0 amide bonds. The highest BCUT2D eigenvalue weighted by Gasteiger charge is 2.30. The van der Waals surface area contributed by atoms with Crippen molar-refractivity contribution in [3.8, 4) is 0 Å². The lowest BCUT2D eigenvalue weighted by molar-refractivity contribution is -0.114. The van der Waals surface area contributed by atoms with E-state index in [1.165, 1.54) is 12.1 Å². The number of fused-ring (bicyclic) bond motifs is 2. The van der Waals surface area contributed by atoms with Gasteiger partial charge in [-0.1, -0.05) is 6.08 Å². The Kier molecular flexibility index (Phi) is 2.05. The minimum absolute atomic E-state index is 0.941. The maximum atomic E-state index is 5.39. The molecule has 0 aromatic carbocycles. The van der Waals surface area contributed by atoms with E-state index in [1.807, 2.05) is 47.1 Å². The van der Waals surface area contributed by atoms with E-state index in [0.29, 0.717) is 0 Å². The molecule has 4 aliphatic rings. The molecule has 1 radical (unpaired) electrons. The molecule has 4 aliphatic heterocycles. The van der Waals surface area contributed by atoms with Gasteiger partial charge in [-0.3, -0.25) is 4.31 Å². The highest BCUT2D eigenvalue weighted by atomic mass is 32.2. The maximum Gasteiger partial charge on any atom is 0.0985 e. The zero-order valence-corrected chi connectivity index (χ0v) is 10.1. The quantitative estimate of drug-likeness (QED) is 0.695. The highest BCUT2D eigenvalue weighted by molar-refractivity contribution is 7.95. The van der Waals surface area contributed by atoms with Gasteiger partial charge in [0.15, 0.2) is 0 Å². The first-order valence-electron chi connectivity index (χ1n) is 5.48. The van der Waals surface area contributed by atoms with Crippen LogP contribution in [0.15, 0.2) is 65.4 Å². The second-order valence-electron chi connectivity index (χ2n) is 3.89. The van der Waals surface area contributed by atoms with Crippen molar-refractivity contribution in [1.29, 1.82) is 0 Å². The molecule has 5 nitrogen and oxygen atoms in total. The van der Waals surface area contributed by atoms with Crippen LogP contribution in [0.25, 0.3) is 0 Å². The van der Waals surface area contributed by atoms with Crippen LogP contribution in [0.5, 0.6) is 0 Å². The summed E-state index contributed by atoms with van der Waals surface area (Å²) in [5.74, 6) is 0. The van der Waals surface area contributed by atoms with Gasteiger partial charge in [0, 0.05) is 18.0 Å². The van der Waals surface area contributed by atoms with E-state index >= 15 is 0 Å². The Morgan fingerprint density at radius 3 is 3.22 bits per heavy atom. The Balaban J connectivity index is 1.80. The lowest BCUT2D eigenvalue weighted by Crippen LogP contribution is -2.17. The van der Waals surface area contributed by atoms with Crippen molar-refractivity contribution in [2.24, 2.45) is 0 Å². The number of rotatable bonds is 1. The Labute approximate surface area is 109 Å². The lowest BCUT2D eigenvalue weighted by Gasteiger charge is -2.20. The van der Waals surface area contributed by atoms with E-state index in [-0.39, 0.29) is 0 Å². The minimum atomic E-state index is 0.941. The van der Waals surface area contributed by atoms with E-state index in [0.717, 1.165) is 22.7 Å². The van der Waals surface area contributed by atoms with E-state index < -0.39 is 0 Å². The van der Waals surface area contributed by atoms with Crippen LogP contribution >= 0.6 is 12.1 Å². The first-order valence-corrected chi connectivity index (χ1v) is 6.25. The summed E-state index contributed by atoms with van der Waals surface area (Å²) in [7, 11) is 0. The summed E-state index contributed by atoms with van der Waals surface area (Å²) in [5.41, 5.74) is 6.93. The first-order chi connectivity index (χ1) is 8.93. The van der Waals surface area contributed by atoms with Crippen LogP contribution < -0.4 is 10.2 Å². The van der Waals surface area contributed by atoms with E-state index in [4.69, 9.17) is 4.94 Å². The fourth-order valence-corrected chi connectivity index (χ4v) is 2.66. The molecule has 0 spiro atoms. The predicted molar refractivity (Wildman–Crippen MR) is 67.9 cm³/mol. The molecule has 0 unspecified atom stereocenters. The summed E-state index contributed by atoms with van der Waals surface area (Å²) in [5, 5.41) is 1.70. The summed E-state index contributed by atoms with van der Waals surface area (Å²) < 4.78 is 5.04. The fourth-order valence-electron chi connectivity index (χ4n) is 2.05. The topological polar surface area (TPSA) is 39.8 Å². The van der Waals surface area contributed by atoms with Gasteiger partial charge in [-0.05, 0) is 24.3 Å². The van der Waals surface area contributed by atoms with Crippen LogP contribution in [0.4, 0.5) is 0 Å². The van der Waals surface area contributed by atoms with Crippen molar-refractivity contribution in [3.63, 3.8) is 0 Å². The van der Waals surface area contributed by atoms with E-state index in [2.05, 4.69) is 16.4 Å². The van der Waals surface area contributed by atoms with Crippen molar-refractivity contribution in [2.45, 2.75) is 0 Å². The maximum absolute atomic E-state index is 5.39. The Morgan fingerprint density at radius 2 is 2.22 bits per heavy atom. The van der Waals surface area contributed by atoms with Gasteiger partial charge in [-0.25, -0.2) is 10.5 Å². The standard InChI is InChI=1S/C12H9N4OS/c1-2-6-15-10(5-1)12(14-17-15)9-4-3-7-16-11(9)8-13-18-16/h1-7,13-14H. The van der Waals surface area contributed by atoms with Crippen LogP contribution in [0.3, 0.4) is 0 Å². The molecule has 0 aliphatic carbocycles. The molecule has 0 saturated heterocycles. The molecule has 18 heavy (non-hydrogen) atoms. The number of allylic oxidation sites excluding steroid dienone is 5. The largest absolute Gasteiger partial charge is 0.308 e. The third kappa shape index (κ3) is 1.33. The van der Waals surface area contributed by atoms with Crippen LogP contribution in [0.2, 0.25) is 0 Å². The predicted octanol–water partition coefficient (Wildman–Crippen LogP) is 1.60. The second-order valence-corrected chi connectivity index (χ2v) is 4.67. The SMILES string of the molecule is [C]1=C2C(C3=C4C=CC=CN4ON3)=CC=CN2SN1. The number of hydrogen-bond donors (Lipinski definition) is 2. The molecule has 0 aromatic heterocycles. The number of nitrogens with zero attached hydrogens (tertiary/aromatic N) is 2. The number of hydroxylamine groups is 3. The molecular formula is C12H9N4OS. The highest BCUT2D eigenvalue weighted by Crippen LogP contribution is 2.36. The molecule has 4 rings (SSSR count). The van der Waals surface area contributed by atoms with Crippen LogP contribution in [-0.2, 0) is 4.94 Å². The average molecular weight is 257 g/mol. The van der Waals surface area contributed by atoms with Crippen LogP contribution in [-0.4, -0.2) is 9.37 Å². The van der Waals surface area contributed by atoms with Gasteiger partial charge >= 0.3 is 0 Å². The molecule has 0 bridgehead atoms. The molecule has 89 valence electrons. The molecular weight excluding hydrogens is 248 g/mol. The third-order valence-electron chi connectivity index (χ3n) is 2.87. The summed E-state index contributed by atoms with van der Waals surface area (Å²) >= 11 is 1.49. The Hall–Kier alpha value is -2.05. The number of hydrogen-bond acceptors (Lipinski definition) is 6. The summed E-state index contributed by atoms with van der Waals surface area (Å²) in [6.45, 7) is 0. The van der Waals surface area contributed by atoms with E-state index in [9.17, 15) is 0 Å². The molecule has 0 saturated carbocycles. The van der Waals surface area contributed by atoms with Gasteiger partial charge in [0.05, 0.1) is 35.4 Å². The van der Waals surface area contributed by atoms with Gasteiger partial charge in [0.25, 0.3) is 0 Å². The van der Waals surface area contributed by atoms with Gasteiger partial charge in [-0.15, -0.1) is 0 Å². The molecule has 0 fully saturated rings. The van der Waals surface area contributed by atoms with Gasteiger partial charge in [-0.2, -0.15) is 4.94 Å². The van der Waals surface area contributed by atoms with Crippen molar-refractivity contribution >= 4 is 12.1 Å². The van der Waals surface area contributed by atoms with E-state index in [1.54, 1.807) is 5.06 Å². The molecule has 2 N–H and O–H groups in total. The lowest BCUT2D eigenvalue weighted by atomic mass is 10.0. The van der Waals surface area contributed by atoms with Crippen LogP contribution in [0, 0.1) is 6.20 Å². The Bertz CT molecular complexity index is 585. The average Bonchev–Trinajstić information content (AvgIpc) is 3.05.